The Hall–Kier alpha value is -3.47. The first kappa shape index (κ1) is 38.7. The maximum Gasteiger partial charge on any atom is 0.516 e. The number of rotatable bonds is 15. The van der Waals surface area contributed by atoms with Gasteiger partial charge < -0.3 is 18.9 Å². The second-order valence-corrected chi connectivity index (χ2v) is 25.4. The highest BCUT2D eigenvalue weighted by atomic mass is 28.3. The molecule has 1 N–H and O–H groups in total. The largest absolute Gasteiger partial charge is 0.516 e. The van der Waals surface area contributed by atoms with E-state index in [0.717, 1.165) is 49.2 Å². The summed E-state index contributed by atoms with van der Waals surface area (Å²) in [5.74, 6) is -1.49. The van der Waals surface area contributed by atoms with Crippen LogP contribution >= 0.6 is 0 Å². The third-order valence-electron chi connectivity index (χ3n) is 7.77. The van der Waals surface area contributed by atoms with Gasteiger partial charge in [0.25, 0.3) is 5.69 Å². The van der Waals surface area contributed by atoms with Crippen molar-refractivity contribution in [2.45, 2.75) is 115 Å². The van der Waals surface area contributed by atoms with Gasteiger partial charge in [0.15, 0.2) is 0 Å². The van der Waals surface area contributed by atoms with Gasteiger partial charge >= 0.3 is 23.9 Å². The van der Waals surface area contributed by atoms with E-state index in [9.17, 15) is 29.3 Å². The maximum atomic E-state index is 13.9. The quantitative estimate of drug-likeness (QED) is 0.0379. The molecule has 0 unspecified atom stereocenters. The van der Waals surface area contributed by atoms with Crippen LogP contribution in [0.1, 0.15) is 58.3 Å². The van der Waals surface area contributed by atoms with E-state index in [4.69, 9.17) is 18.9 Å². The van der Waals surface area contributed by atoms with E-state index in [1.54, 1.807) is 0 Å². The number of benzene rings is 1. The standard InChI is InChI=1S/C31H51N3O10Si2/c1-8-31(28(36)41-20-22-45(2,3)4,44-30(38)43-26-17-15-25(16-18-26)34(39)40)33(32-29(37)42-21-23-46(5,6)7)27(35)19-14-24-12-10-9-11-13-24/h15-18,24H,8-14,19-23H2,1-7H3,(H,32,37)/t31-/m1/s1. The Morgan fingerprint density at radius 2 is 1.50 bits per heavy atom. The van der Waals surface area contributed by atoms with Crippen molar-refractivity contribution in [3.63, 3.8) is 0 Å². The van der Waals surface area contributed by atoms with Crippen LogP contribution in [-0.4, -0.2) is 69.1 Å². The van der Waals surface area contributed by atoms with E-state index in [2.05, 4.69) is 44.7 Å². The first-order valence-electron chi connectivity index (χ1n) is 16.0. The van der Waals surface area contributed by atoms with Crippen molar-refractivity contribution in [1.82, 2.24) is 10.4 Å². The molecule has 0 aliphatic heterocycles. The third kappa shape index (κ3) is 13.1. The lowest BCUT2D eigenvalue weighted by atomic mass is 9.86. The normalized spacial score (nSPS) is 15.2. The Bertz CT molecular complexity index is 1190. The van der Waals surface area contributed by atoms with E-state index < -0.39 is 50.9 Å². The maximum absolute atomic E-state index is 13.9. The smallest absolute Gasteiger partial charge is 0.462 e. The second kappa shape index (κ2) is 17.5. The van der Waals surface area contributed by atoms with E-state index in [1.807, 2.05) is 0 Å². The van der Waals surface area contributed by atoms with Gasteiger partial charge in [0.05, 0.1) is 18.1 Å². The lowest BCUT2D eigenvalue weighted by Gasteiger charge is -2.39. The number of ether oxygens (including phenoxy) is 4. The highest BCUT2D eigenvalue weighted by Crippen LogP contribution is 2.30. The molecule has 0 spiro atoms. The number of carbonyl (C=O) groups is 4. The zero-order valence-corrected chi connectivity index (χ0v) is 30.3. The highest BCUT2D eigenvalue weighted by molar-refractivity contribution is 6.76. The van der Waals surface area contributed by atoms with Crippen LogP contribution in [0, 0.1) is 16.0 Å². The molecule has 1 aliphatic rings. The van der Waals surface area contributed by atoms with Crippen molar-refractivity contribution >= 4 is 46.0 Å². The fraction of sp³-hybridized carbons (Fsp3) is 0.677. The lowest BCUT2D eigenvalue weighted by Crippen LogP contribution is -2.66. The van der Waals surface area contributed by atoms with E-state index in [-0.39, 0.29) is 37.5 Å². The Labute approximate surface area is 273 Å². The molecule has 46 heavy (non-hydrogen) atoms. The number of nitrogens with one attached hydrogen (secondary N) is 1. The van der Waals surface area contributed by atoms with Crippen LogP contribution in [0.2, 0.25) is 51.4 Å². The molecule has 2 rings (SSSR count). The van der Waals surface area contributed by atoms with Gasteiger partial charge in [-0.2, -0.15) is 5.01 Å². The number of carbonyl (C=O) groups excluding carboxylic acids is 4. The van der Waals surface area contributed by atoms with Gasteiger partial charge in [0.1, 0.15) is 5.75 Å². The van der Waals surface area contributed by atoms with Crippen LogP contribution in [0.5, 0.6) is 5.75 Å². The predicted molar refractivity (Wildman–Crippen MR) is 178 cm³/mol. The van der Waals surface area contributed by atoms with Gasteiger partial charge in [-0.25, -0.2) is 19.8 Å². The lowest BCUT2D eigenvalue weighted by molar-refractivity contribution is -0.384. The molecule has 1 fully saturated rings. The van der Waals surface area contributed by atoms with Crippen LogP contribution in [0.15, 0.2) is 24.3 Å². The predicted octanol–water partition coefficient (Wildman–Crippen LogP) is 7.27. The number of nitro benzene ring substituents is 1. The number of hydrazine groups is 1. The minimum absolute atomic E-state index is 0.0157. The minimum Gasteiger partial charge on any atom is -0.462 e. The average molecular weight is 682 g/mol. The van der Waals surface area contributed by atoms with Crippen molar-refractivity contribution in [3.05, 3.63) is 34.4 Å². The summed E-state index contributed by atoms with van der Waals surface area (Å²) in [7, 11) is -3.21. The first-order chi connectivity index (χ1) is 21.5. The summed E-state index contributed by atoms with van der Waals surface area (Å²) in [5, 5.41) is 11.7. The van der Waals surface area contributed by atoms with Crippen LogP contribution < -0.4 is 10.2 Å². The summed E-state index contributed by atoms with van der Waals surface area (Å²) in [6.45, 7) is 14.3. The molecule has 1 aromatic rings. The molecule has 0 saturated heterocycles. The molecule has 0 heterocycles. The van der Waals surface area contributed by atoms with Crippen molar-refractivity contribution in [3.8, 4) is 5.75 Å². The fourth-order valence-corrected chi connectivity index (χ4v) is 6.28. The summed E-state index contributed by atoms with van der Waals surface area (Å²) in [5.41, 5.74) is -0.255. The molecule has 13 nitrogen and oxygen atoms in total. The molecule has 258 valence electrons. The topological polar surface area (TPSA) is 164 Å². The number of amides is 2. The van der Waals surface area contributed by atoms with Gasteiger partial charge in [-0.1, -0.05) is 78.3 Å². The zero-order chi connectivity index (χ0) is 34.5. The number of nitrogens with zero attached hydrogens (tertiary/aromatic N) is 2. The third-order valence-corrected chi connectivity index (χ3v) is 11.2. The minimum atomic E-state index is -2.43. The number of nitro groups is 1. The molecule has 1 atom stereocenters. The monoisotopic (exact) mass is 681 g/mol. The molecular weight excluding hydrogens is 631 g/mol. The number of hydrogen-bond acceptors (Lipinski definition) is 10. The average Bonchev–Trinajstić information content (AvgIpc) is 2.97. The van der Waals surface area contributed by atoms with Gasteiger partial charge in [0, 0.05) is 41.1 Å². The van der Waals surface area contributed by atoms with E-state index in [1.165, 1.54) is 19.1 Å². The first-order valence-corrected chi connectivity index (χ1v) is 23.5. The number of hydrogen-bond donors (Lipinski definition) is 1. The Morgan fingerprint density at radius 3 is 2.02 bits per heavy atom. The SMILES string of the molecule is CC[C@@](OC(=O)Oc1ccc([N+](=O)[O-])cc1)(C(=O)OCC[Si](C)(C)C)N(NC(=O)OCC[Si](C)(C)C)C(=O)CCC1CCCCC1. The summed E-state index contributed by atoms with van der Waals surface area (Å²) >= 11 is 0. The van der Waals surface area contributed by atoms with Crippen molar-refractivity contribution in [2.75, 3.05) is 13.2 Å². The van der Waals surface area contributed by atoms with Crippen molar-refractivity contribution in [1.29, 1.82) is 0 Å². The van der Waals surface area contributed by atoms with E-state index >= 15 is 0 Å². The van der Waals surface area contributed by atoms with Gasteiger partial charge in [-0.05, 0) is 36.6 Å². The van der Waals surface area contributed by atoms with Crippen LogP contribution in [-0.2, 0) is 23.8 Å². The fourth-order valence-electron chi connectivity index (χ4n) is 4.85. The van der Waals surface area contributed by atoms with Crippen LogP contribution in [0.3, 0.4) is 0 Å². The second-order valence-electron chi connectivity index (χ2n) is 14.1. The van der Waals surface area contributed by atoms with E-state index in [0.29, 0.717) is 24.4 Å². The molecule has 0 bridgehead atoms. The Kier molecular flexibility index (Phi) is 14.7. The van der Waals surface area contributed by atoms with Gasteiger partial charge in [0.2, 0.25) is 5.91 Å². The molecule has 1 saturated carbocycles. The summed E-state index contributed by atoms with van der Waals surface area (Å²) in [4.78, 5) is 64.4. The molecule has 1 aliphatic carbocycles. The van der Waals surface area contributed by atoms with Crippen LogP contribution in [0.25, 0.3) is 0 Å². The number of non-ortho nitro benzene ring substituents is 1. The highest BCUT2D eigenvalue weighted by Gasteiger charge is 2.53. The summed E-state index contributed by atoms with van der Waals surface area (Å²) in [6.07, 6.45) is 3.11. The molecule has 2 amide bonds. The van der Waals surface area contributed by atoms with Gasteiger partial charge in [-0.3, -0.25) is 14.9 Å². The molecule has 1 aromatic carbocycles. The summed E-state index contributed by atoms with van der Waals surface area (Å²) in [6, 6.07) is 5.94. The van der Waals surface area contributed by atoms with Crippen LogP contribution in [0.4, 0.5) is 15.3 Å². The molecular formula is C31H51N3O10Si2. The molecule has 0 radical (unpaired) electrons. The zero-order valence-electron chi connectivity index (χ0n) is 28.3. The molecule has 0 aromatic heterocycles. The molecule has 15 heteroatoms. The Balaban J connectivity index is 2.43. The number of esters is 1. The van der Waals surface area contributed by atoms with Crippen molar-refractivity contribution in [2.24, 2.45) is 5.92 Å². The van der Waals surface area contributed by atoms with Crippen molar-refractivity contribution < 1.29 is 43.0 Å². The summed E-state index contributed by atoms with van der Waals surface area (Å²) < 4.78 is 21.9. The Morgan fingerprint density at radius 1 is 0.935 bits per heavy atom. The van der Waals surface area contributed by atoms with Gasteiger partial charge in [-0.15, -0.1) is 0 Å².